The number of nitrogens with zero attached hydrogens (tertiary/aromatic N) is 1. The molecule has 5 nitrogen and oxygen atoms in total. The van der Waals surface area contributed by atoms with Crippen molar-refractivity contribution < 1.29 is 14.3 Å². The molecular weight excluding hydrogens is 396 g/mol. The average molecular weight is 423 g/mol. The van der Waals surface area contributed by atoms with Crippen LogP contribution in [0.1, 0.15) is 30.5 Å². The second-order valence-corrected chi connectivity index (χ2v) is 7.59. The zero-order valence-electron chi connectivity index (χ0n) is 17.7. The highest BCUT2D eigenvalue weighted by Gasteiger charge is 2.08. The van der Waals surface area contributed by atoms with Gasteiger partial charge in [0.05, 0.1) is 18.9 Å². The summed E-state index contributed by atoms with van der Waals surface area (Å²) in [5, 5.41) is 5.34. The number of aromatic nitrogens is 1. The molecule has 0 radical (unpaired) electrons. The zero-order chi connectivity index (χ0) is 21.5. The van der Waals surface area contributed by atoms with E-state index in [0.717, 1.165) is 16.8 Å². The maximum atomic E-state index is 12.3. The monoisotopic (exact) mass is 422 g/mol. The standard InChI is InChI=1S/C24H26N2O3S/c1-5-28-21-11-8-18(14-22(21)29-6-2)9-12-23(27)26-24-25-20(15-30-24)19-10-7-16(3)17(4)13-19/h7-15H,5-6H2,1-4H3,(H,25,26,27)/b12-9+. The number of rotatable bonds is 8. The molecule has 0 fully saturated rings. The molecule has 1 amide bonds. The first-order valence-electron chi connectivity index (χ1n) is 9.92. The van der Waals surface area contributed by atoms with Gasteiger partial charge in [-0.2, -0.15) is 0 Å². The number of thiazole rings is 1. The highest BCUT2D eigenvalue weighted by atomic mass is 32.1. The number of nitrogens with one attached hydrogen (secondary N) is 1. The summed E-state index contributed by atoms with van der Waals surface area (Å²) < 4.78 is 11.2. The summed E-state index contributed by atoms with van der Waals surface area (Å²) in [4.78, 5) is 16.9. The molecule has 0 saturated carbocycles. The van der Waals surface area contributed by atoms with Gasteiger partial charge in [0.25, 0.3) is 0 Å². The Bertz CT molecular complexity index is 1060. The highest BCUT2D eigenvalue weighted by Crippen LogP contribution is 2.29. The first-order valence-corrected chi connectivity index (χ1v) is 10.8. The minimum atomic E-state index is -0.233. The minimum Gasteiger partial charge on any atom is -0.490 e. The first kappa shape index (κ1) is 21.6. The maximum absolute atomic E-state index is 12.3. The van der Waals surface area contributed by atoms with Crippen LogP contribution in [0.15, 0.2) is 47.9 Å². The van der Waals surface area contributed by atoms with Crippen LogP contribution in [0.3, 0.4) is 0 Å². The largest absolute Gasteiger partial charge is 0.490 e. The van der Waals surface area contributed by atoms with Gasteiger partial charge in [0, 0.05) is 17.0 Å². The quantitative estimate of drug-likeness (QED) is 0.461. The number of hydrogen-bond acceptors (Lipinski definition) is 5. The van der Waals surface area contributed by atoms with E-state index in [0.29, 0.717) is 29.8 Å². The second-order valence-electron chi connectivity index (χ2n) is 6.73. The van der Waals surface area contributed by atoms with Crippen LogP contribution in [0.25, 0.3) is 17.3 Å². The summed E-state index contributed by atoms with van der Waals surface area (Å²) >= 11 is 1.41. The molecule has 0 saturated heterocycles. The number of hydrogen-bond donors (Lipinski definition) is 1. The highest BCUT2D eigenvalue weighted by molar-refractivity contribution is 7.14. The molecule has 0 atom stereocenters. The number of anilines is 1. The molecule has 0 aliphatic rings. The van der Waals surface area contributed by atoms with E-state index in [1.54, 1.807) is 6.08 Å². The fourth-order valence-corrected chi connectivity index (χ4v) is 3.58. The number of benzene rings is 2. The van der Waals surface area contributed by atoms with E-state index in [2.05, 4.69) is 36.3 Å². The summed E-state index contributed by atoms with van der Waals surface area (Å²) in [6.45, 7) is 9.12. The first-order chi connectivity index (χ1) is 14.5. The normalized spacial score (nSPS) is 10.9. The Morgan fingerprint density at radius 3 is 2.53 bits per heavy atom. The molecular formula is C24H26N2O3S. The number of carbonyl (C=O) groups excluding carboxylic acids is 1. The molecule has 0 spiro atoms. The van der Waals surface area contributed by atoms with Crippen LogP contribution < -0.4 is 14.8 Å². The van der Waals surface area contributed by atoms with Crippen molar-refractivity contribution in [2.24, 2.45) is 0 Å². The molecule has 0 bridgehead atoms. The summed E-state index contributed by atoms with van der Waals surface area (Å²) in [5.74, 6) is 1.13. The third-order valence-corrected chi connectivity index (χ3v) is 5.29. The lowest BCUT2D eigenvalue weighted by Crippen LogP contribution is -2.07. The van der Waals surface area contributed by atoms with Crippen molar-refractivity contribution in [1.29, 1.82) is 0 Å². The lowest BCUT2D eigenvalue weighted by molar-refractivity contribution is -0.111. The molecule has 2 aromatic carbocycles. The van der Waals surface area contributed by atoms with E-state index in [1.165, 1.54) is 28.5 Å². The van der Waals surface area contributed by atoms with Crippen molar-refractivity contribution in [2.75, 3.05) is 18.5 Å². The SMILES string of the molecule is CCOc1ccc(/C=C/C(=O)Nc2nc(-c3ccc(C)c(C)c3)cs2)cc1OCC. The van der Waals surface area contributed by atoms with Crippen LogP contribution in [0.5, 0.6) is 11.5 Å². The molecule has 0 unspecified atom stereocenters. The van der Waals surface area contributed by atoms with E-state index < -0.39 is 0 Å². The summed E-state index contributed by atoms with van der Waals surface area (Å²) in [6.07, 6.45) is 3.23. The third kappa shape index (κ3) is 5.48. The fourth-order valence-electron chi connectivity index (χ4n) is 2.85. The van der Waals surface area contributed by atoms with Gasteiger partial charge in [-0.3, -0.25) is 10.1 Å². The molecule has 1 aromatic heterocycles. The van der Waals surface area contributed by atoms with Crippen LogP contribution in [-0.2, 0) is 4.79 Å². The van der Waals surface area contributed by atoms with E-state index in [4.69, 9.17) is 9.47 Å². The van der Waals surface area contributed by atoms with Crippen LogP contribution in [0.2, 0.25) is 0 Å². The third-order valence-electron chi connectivity index (χ3n) is 4.53. The Balaban J connectivity index is 1.67. The Kier molecular flexibility index (Phi) is 7.25. The number of amides is 1. The molecule has 30 heavy (non-hydrogen) atoms. The van der Waals surface area contributed by atoms with Gasteiger partial charge in [-0.25, -0.2) is 4.98 Å². The summed E-state index contributed by atoms with van der Waals surface area (Å²) in [6, 6.07) is 11.8. The van der Waals surface area contributed by atoms with Crippen LogP contribution in [-0.4, -0.2) is 24.1 Å². The fraction of sp³-hybridized carbons (Fsp3) is 0.250. The van der Waals surface area contributed by atoms with Crippen molar-refractivity contribution in [3.05, 3.63) is 64.5 Å². The topological polar surface area (TPSA) is 60.5 Å². The molecule has 156 valence electrons. The van der Waals surface area contributed by atoms with Gasteiger partial charge in [0.15, 0.2) is 16.6 Å². The van der Waals surface area contributed by atoms with Gasteiger partial charge < -0.3 is 9.47 Å². The van der Waals surface area contributed by atoms with E-state index in [9.17, 15) is 4.79 Å². The number of ether oxygens (including phenoxy) is 2. The minimum absolute atomic E-state index is 0.233. The van der Waals surface area contributed by atoms with Gasteiger partial charge in [-0.15, -0.1) is 11.3 Å². The molecule has 3 rings (SSSR count). The van der Waals surface area contributed by atoms with Gasteiger partial charge in [-0.1, -0.05) is 18.2 Å². The van der Waals surface area contributed by atoms with Crippen LogP contribution in [0, 0.1) is 13.8 Å². The summed E-state index contributed by atoms with van der Waals surface area (Å²) in [5.41, 5.74) is 5.22. The van der Waals surface area contributed by atoms with Crippen LogP contribution in [0.4, 0.5) is 5.13 Å². The van der Waals surface area contributed by atoms with E-state index in [-0.39, 0.29) is 5.91 Å². The Hall–Kier alpha value is -3.12. The van der Waals surface area contributed by atoms with Crippen molar-refractivity contribution in [3.63, 3.8) is 0 Å². The lowest BCUT2D eigenvalue weighted by Gasteiger charge is -2.11. The average Bonchev–Trinajstić information content (AvgIpc) is 3.19. The second kappa shape index (κ2) is 10.1. The van der Waals surface area contributed by atoms with Gasteiger partial charge in [0.1, 0.15) is 0 Å². The van der Waals surface area contributed by atoms with Gasteiger partial charge >= 0.3 is 0 Å². The predicted molar refractivity (Wildman–Crippen MR) is 123 cm³/mol. The molecule has 6 heteroatoms. The Morgan fingerprint density at radius 1 is 1.03 bits per heavy atom. The molecule has 0 aliphatic heterocycles. The zero-order valence-corrected chi connectivity index (χ0v) is 18.5. The predicted octanol–water partition coefficient (Wildman–Crippen LogP) is 5.88. The molecule has 3 aromatic rings. The maximum Gasteiger partial charge on any atom is 0.250 e. The molecule has 1 N–H and O–H groups in total. The van der Waals surface area contributed by atoms with Crippen molar-refractivity contribution >= 4 is 28.5 Å². The van der Waals surface area contributed by atoms with Crippen molar-refractivity contribution in [1.82, 2.24) is 4.98 Å². The summed E-state index contributed by atoms with van der Waals surface area (Å²) in [7, 11) is 0. The smallest absolute Gasteiger partial charge is 0.250 e. The molecule has 0 aliphatic carbocycles. The lowest BCUT2D eigenvalue weighted by atomic mass is 10.1. The van der Waals surface area contributed by atoms with Gasteiger partial charge in [0.2, 0.25) is 5.91 Å². The Morgan fingerprint density at radius 2 is 1.80 bits per heavy atom. The molecule has 1 heterocycles. The van der Waals surface area contributed by atoms with Crippen molar-refractivity contribution in [3.8, 4) is 22.8 Å². The Labute approximate surface area is 181 Å². The van der Waals surface area contributed by atoms with E-state index in [1.807, 2.05) is 43.5 Å². The van der Waals surface area contributed by atoms with E-state index >= 15 is 0 Å². The van der Waals surface area contributed by atoms with Gasteiger partial charge in [-0.05, 0) is 68.7 Å². The van der Waals surface area contributed by atoms with Crippen LogP contribution >= 0.6 is 11.3 Å². The number of aryl methyl sites for hydroxylation is 2. The number of carbonyl (C=O) groups is 1. The van der Waals surface area contributed by atoms with Crippen molar-refractivity contribution in [2.45, 2.75) is 27.7 Å².